The first-order chi connectivity index (χ1) is 13.5. The van der Waals surface area contributed by atoms with Crippen molar-refractivity contribution in [3.05, 3.63) is 71.7 Å². The lowest BCUT2D eigenvalue weighted by molar-refractivity contribution is -0.121. The highest BCUT2D eigenvalue weighted by atomic mass is 32.2. The zero-order chi connectivity index (χ0) is 20.1. The number of hydrogen-bond acceptors (Lipinski definition) is 5. The zero-order valence-electron chi connectivity index (χ0n) is 15.9. The Morgan fingerprint density at radius 2 is 1.75 bits per heavy atom. The number of ether oxygens (including phenoxy) is 1. The Balaban J connectivity index is 1.82. The van der Waals surface area contributed by atoms with Crippen LogP contribution in [-0.2, 0) is 4.79 Å². The molecule has 0 aromatic heterocycles. The first kappa shape index (κ1) is 20.2. The van der Waals surface area contributed by atoms with Crippen LogP contribution in [-0.4, -0.2) is 35.3 Å². The van der Waals surface area contributed by atoms with Crippen LogP contribution < -0.4 is 9.64 Å². The molecule has 0 N–H and O–H groups in total. The van der Waals surface area contributed by atoms with Gasteiger partial charge in [-0.25, -0.2) is 0 Å². The first-order valence-corrected chi connectivity index (χ1v) is 10.2. The van der Waals surface area contributed by atoms with Crippen molar-refractivity contribution < 1.29 is 9.53 Å². The van der Waals surface area contributed by atoms with Gasteiger partial charge in [0.05, 0.1) is 11.5 Å². The molecule has 0 atom stereocenters. The monoisotopic (exact) mass is 410 g/mol. The minimum atomic E-state index is -0.0539. The number of hydrogen-bond donors (Lipinski definition) is 0. The summed E-state index contributed by atoms with van der Waals surface area (Å²) < 4.78 is 6.11. The predicted molar refractivity (Wildman–Crippen MR) is 122 cm³/mol. The van der Waals surface area contributed by atoms with Gasteiger partial charge in [-0.2, -0.15) is 0 Å². The molecule has 1 fully saturated rings. The quantitative estimate of drug-likeness (QED) is 0.354. The van der Waals surface area contributed by atoms with Crippen molar-refractivity contribution in [1.82, 2.24) is 4.90 Å². The Kier molecular flexibility index (Phi) is 6.54. The van der Waals surface area contributed by atoms with Gasteiger partial charge in [0, 0.05) is 25.0 Å². The van der Waals surface area contributed by atoms with Gasteiger partial charge in [-0.3, -0.25) is 9.69 Å². The average Bonchev–Trinajstić information content (AvgIpc) is 2.95. The Hall–Kier alpha value is -2.57. The summed E-state index contributed by atoms with van der Waals surface area (Å²) in [6.07, 6.45) is 3.75. The third-order valence-electron chi connectivity index (χ3n) is 4.26. The van der Waals surface area contributed by atoms with E-state index in [1.54, 1.807) is 7.05 Å². The number of likely N-dealkylation sites (N-methyl/N-ethyl adjacent to an activating group) is 1. The van der Waals surface area contributed by atoms with Crippen LogP contribution in [0.15, 0.2) is 66.1 Å². The van der Waals surface area contributed by atoms with Gasteiger partial charge in [0.1, 0.15) is 10.1 Å². The zero-order valence-corrected chi connectivity index (χ0v) is 17.6. The lowest BCUT2D eigenvalue weighted by atomic mass is 10.1. The number of thioether (sulfide) groups is 1. The molecule has 2 aromatic rings. The summed E-state index contributed by atoms with van der Waals surface area (Å²) in [6, 6.07) is 16.1. The van der Waals surface area contributed by atoms with E-state index in [9.17, 15) is 4.79 Å². The van der Waals surface area contributed by atoms with Crippen molar-refractivity contribution in [2.75, 3.05) is 25.1 Å². The number of rotatable bonds is 7. The summed E-state index contributed by atoms with van der Waals surface area (Å²) in [5.74, 6) is 0.801. The summed E-state index contributed by atoms with van der Waals surface area (Å²) >= 11 is 6.51. The fraction of sp³-hybridized carbons (Fsp3) is 0.182. The summed E-state index contributed by atoms with van der Waals surface area (Å²) in [6.45, 7) is 7.17. The highest BCUT2D eigenvalue weighted by Crippen LogP contribution is 2.32. The molecule has 0 spiro atoms. The van der Waals surface area contributed by atoms with Crippen LogP contribution in [0.2, 0.25) is 0 Å². The molecule has 1 heterocycles. The van der Waals surface area contributed by atoms with Crippen LogP contribution in [0.5, 0.6) is 5.75 Å². The minimum Gasteiger partial charge on any atom is -0.494 e. The van der Waals surface area contributed by atoms with E-state index in [4.69, 9.17) is 17.0 Å². The fourth-order valence-corrected chi connectivity index (χ4v) is 4.00. The molecule has 4 nitrogen and oxygen atoms in total. The molecule has 0 saturated carbocycles. The van der Waals surface area contributed by atoms with E-state index in [0.717, 1.165) is 22.7 Å². The van der Waals surface area contributed by atoms with E-state index in [1.165, 1.54) is 16.7 Å². The molecule has 1 amide bonds. The van der Waals surface area contributed by atoms with Crippen molar-refractivity contribution in [1.29, 1.82) is 0 Å². The van der Waals surface area contributed by atoms with E-state index in [0.29, 0.717) is 22.4 Å². The molecular formula is C22H22N2O2S2. The maximum absolute atomic E-state index is 12.2. The van der Waals surface area contributed by atoms with Crippen LogP contribution in [0, 0.1) is 0 Å². The molecule has 2 aromatic carbocycles. The molecule has 0 aliphatic carbocycles. The number of amides is 1. The number of thiocarbonyl (C=S) groups is 1. The van der Waals surface area contributed by atoms with Crippen molar-refractivity contribution in [2.45, 2.75) is 6.92 Å². The van der Waals surface area contributed by atoms with E-state index in [2.05, 4.69) is 11.5 Å². The molecule has 1 aliphatic heterocycles. The van der Waals surface area contributed by atoms with Crippen LogP contribution in [0.3, 0.4) is 0 Å². The lowest BCUT2D eigenvalue weighted by Gasteiger charge is -2.24. The van der Waals surface area contributed by atoms with Gasteiger partial charge in [-0.1, -0.05) is 42.2 Å². The van der Waals surface area contributed by atoms with E-state index in [-0.39, 0.29) is 5.91 Å². The van der Waals surface area contributed by atoms with Crippen molar-refractivity contribution in [3.8, 4) is 5.75 Å². The van der Waals surface area contributed by atoms with Gasteiger partial charge >= 0.3 is 0 Å². The number of anilines is 2. The average molecular weight is 411 g/mol. The van der Waals surface area contributed by atoms with Crippen molar-refractivity contribution in [3.63, 3.8) is 0 Å². The molecule has 0 radical (unpaired) electrons. The third-order valence-corrected chi connectivity index (χ3v) is 5.74. The minimum absolute atomic E-state index is 0.0539. The maximum atomic E-state index is 12.2. The van der Waals surface area contributed by atoms with Crippen molar-refractivity contribution in [2.24, 2.45) is 0 Å². The Bertz CT molecular complexity index is 905. The Labute approximate surface area is 175 Å². The van der Waals surface area contributed by atoms with Crippen molar-refractivity contribution >= 4 is 51.7 Å². The van der Waals surface area contributed by atoms with Gasteiger partial charge in [0.25, 0.3) is 5.91 Å². The molecule has 3 rings (SSSR count). The largest absolute Gasteiger partial charge is 0.494 e. The third kappa shape index (κ3) is 4.46. The van der Waals surface area contributed by atoms with Gasteiger partial charge in [-0.05, 0) is 55.0 Å². The van der Waals surface area contributed by atoms with Gasteiger partial charge in [0.15, 0.2) is 0 Å². The van der Waals surface area contributed by atoms with E-state index < -0.39 is 0 Å². The van der Waals surface area contributed by atoms with E-state index >= 15 is 0 Å². The highest BCUT2D eigenvalue weighted by Gasteiger charge is 2.28. The Morgan fingerprint density at radius 1 is 1.14 bits per heavy atom. The van der Waals surface area contributed by atoms with Crippen LogP contribution in [0.1, 0.15) is 12.5 Å². The molecule has 1 aliphatic rings. The number of carbonyl (C=O) groups excluding carboxylic acids is 1. The predicted octanol–water partition coefficient (Wildman–Crippen LogP) is 5.24. The maximum Gasteiger partial charge on any atom is 0.265 e. The van der Waals surface area contributed by atoms with Crippen LogP contribution in [0.25, 0.3) is 6.08 Å². The second kappa shape index (κ2) is 9.08. The first-order valence-electron chi connectivity index (χ1n) is 8.96. The normalized spacial score (nSPS) is 15.2. The summed E-state index contributed by atoms with van der Waals surface area (Å²) in [5, 5.41) is 0. The van der Waals surface area contributed by atoms with Crippen LogP contribution in [0.4, 0.5) is 11.4 Å². The summed E-state index contributed by atoms with van der Waals surface area (Å²) in [5.41, 5.74) is 3.06. The van der Waals surface area contributed by atoms with Gasteiger partial charge in [0.2, 0.25) is 0 Å². The molecule has 1 saturated heterocycles. The summed E-state index contributed by atoms with van der Waals surface area (Å²) in [4.78, 5) is 16.5. The molecule has 0 unspecified atom stereocenters. The second-order valence-corrected chi connectivity index (χ2v) is 7.83. The van der Waals surface area contributed by atoms with Gasteiger partial charge < -0.3 is 9.64 Å². The number of nitrogens with zero attached hydrogens (tertiary/aromatic N) is 2. The lowest BCUT2D eigenvalue weighted by Crippen LogP contribution is -2.22. The molecular weight excluding hydrogens is 388 g/mol. The van der Waals surface area contributed by atoms with Gasteiger partial charge in [-0.15, -0.1) is 6.58 Å². The molecule has 6 heteroatoms. The summed E-state index contributed by atoms with van der Waals surface area (Å²) in [7, 11) is 1.70. The van der Waals surface area contributed by atoms with E-state index in [1.807, 2.05) is 67.6 Å². The SMILES string of the molecule is C=CCN(c1ccc(/C=C2/SC(=S)N(C)C2=O)cc1)c1ccc(OCC)cc1. The second-order valence-electron chi connectivity index (χ2n) is 6.16. The fourth-order valence-electron chi connectivity index (χ4n) is 2.83. The molecule has 144 valence electrons. The standard InChI is InChI=1S/C22H22N2O2S2/c1-4-14-24(18-10-12-19(13-11-18)26-5-2)17-8-6-16(7-9-17)15-20-21(25)23(3)22(27)28-20/h4,6-13,15H,1,5,14H2,2-3H3/b20-15+. The topological polar surface area (TPSA) is 32.8 Å². The van der Waals surface area contributed by atoms with Crippen LogP contribution >= 0.6 is 24.0 Å². The Morgan fingerprint density at radius 3 is 2.25 bits per heavy atom. The molecule has 0 bridgehead atoms. The number of carbonyl (C=O) groups is 1. The highest BCUT2D eigenvalue weighted by molar-refractivity contribution is 8.26. The number of benzene rings is 2. The molecule has 28 heavy (non-hydrogen) atoms. The smallest absolute Gasteiger partial charge is 0.265 e.